The number of carbonyl (C=O) groups is 2. The Labute approximate surface area is 215 Å². The lowest BCUT2D eigenvalue weighted by Crippen LogP contribution is -2.34. The first kappa shape index (κ1) is 26.4. The number of carbonyl (C=O) groups excluding carboxylic acids is 2. The number of hydrogen-bond acceptors (Lipinski definition) is 6. The van der Waals surface area contributed by atoms with Crippen molar-refractivity contribution < 1.29 is 18.4 Å². The van der Waals surface area contributed by atoms with Gasteiger partial charge in [-0.05, 0) is 36.6 Å². The summed E-state index contributed by atoms with van der Waals surface area (Å²) in [7, 11) is 0. The van der Waals surface area contributed by atoms with Crippen LogP contribution < -0.4 is 16.4 Å². The quantitative estimate of drug-likeness (QED) is 0.499. The molecule has 2 aromatic rings. The van der Waals surface area contributed by atoms with Crippen molar-refractivity contribution in [2.75, 3.05) is 25.0 Å². The number of amides is 2. The fourth-order valence-corrected chi connectivity index (χ4v) is 4.54. The van der Waals surface area contributed by atoms with E-state index in [9.17, 15) is 9.59 Å². The van der Waals surface area contributed by atoms with E-state index in [1.165, 1.54) is 18.3 Å². The van der Waals surface area contributed by atoms with Gasteiger partial charge in [-0.15, -0.1) is 0 Å². The van der Waals surface area contributed by atoms with Crippen molar-refractivity contribution in [3.63, 3.8) is 0 Å². The van der Waals surface area contributed by atoms with Crippen molar-refractivity contribution in [2.45, 2.75) is 52.0 Å². The van der Waals surface area contributed by atoms with E-state index in [1.54, 1.807) is 17.0 Å². The van der Waals surface area contributed by atoms with Crippen molar-refractivity contribution in [1.82, 2.24) is 15.2 Å². The zero-order valence-corrected chi connectivity index (χ0v) is 21.1. The molecule has 2 aliphatic heterocycles. The third-order valence-electron chi connectivity index (χ3n) is 6.36. The monoisotopic (exact) mass is 510 g/mol. The highest BCUT2D eigenvalue weighted by Crippen LogP contribution is 2.36. The van der Waals surface area contributed by atoms with Gasteiger partial charge in [-0.2, -0.15) is 8.78 Å². The molecule has 0 saturated carbocycles. The number of rotatable bonds is 8. The number of anilines is 1. The van der Waals surface area contributed by atoms with E-state index in [4.69, 9.17) is 5.73 Å². The van der Waals surface area contributed by atoms with Crippen LogP contribution in [0.3, 0.4) is 0 Å². The number of nitrogens with one attached hydrogen (secondary N) is 2. The van der Waals surface area contributed by atoms with E-state index in [2.05, 4.69) is 20.6 Å². The number of aliphatic imine (C=N–C) groups is 1. The van der Waals surface area contributed by atoms with Crippen LogP contribution in [0.1, 0.15) is 55.5 Å². The Morgan fingerprint density at radius 1 is 1.19 bits per heavy atom. The predicted molar refractivity (Wildman–Crippen MR) is 140 cm³/mol. The van der Waals surface area contributed by atoms with Crippen molar-refractivity contribution in [3.05, 3.63) is 58.4 Å². The fraction of sp³-hybridized carbons (Fsp3) is 0.407. The van der Waals surface area contributed by atoms with E-state index in [-0.39, 0.29) is 29.5 Å². The number of fused-ring (bicyclic) bond motifs is 2. The van der Waals surface area contributed by atoms with Crippen LogP contribution in [-0.2, 0) is 28.5 Å². The molecule has 0 bridgehead atoms. The molecule has 0 spiro atoms. The zero-order valence-electron chi connectivity index (χ0n) is 21.1. The molecule has 3 heterocycles. The van der Waals surface area contributed by atoms with Crippen LogP contribution in [0.4, 0.5) is 20.2 Å². The number of alkyl halides is 2. The molecule has 4 rings (SSSR count). The highest BCUT2D eigenvalue weighted by Gasteiger charge is 2.41. The largest absolute Gasteiger partial charge is 0.387 e. The van der Waals surface area contributed by atoms with Crippen LogP contribution in [0.15, 0.2) is 41.0 Å². The van der Waals surface area contributed by atoms with E-state index in [0.717, 1.165) is 43.1 Å². The first-order valence-corrected chi connectivity index (χ1v) is 12.6. The first-order valence-electron chi connectivity index (χ1n) is 12.6. The summed E-state index contributed by atoms with van der Waals surface area (Å²) in [5.74, 6) is -5.30. The standard InChI is InChI=1S/C27H32F2N6O2/c1-3-9-35(10-4-2)25(36)18-11-17-5-6-20(14-23(17)34-24(30)13-18)27(28,29)26(37)33-21-12-19-15-31-8-7-22(19)32-16-21/h5-6,11-12,14,16,31H,3-4,7-10,13,15H2,1-2H3,(H2,30,34)(H,33,37). The molecular formula is C27H32F2N6O2. The molecule has 8 nitrogen and oxygen atoms in total. The Hall–Kier alpha value is -3.66. The molecule has 0 unspecified atom stereocenters. The summed E-state index contributed by atoms with van der Waals surface area (Å²) in [4.78, 5) is 36.1. The minimum absolute atomic E-state index is 0.115. The summed E-state index contributed by atoms with van der Waals surface area (Å²) in [5.41, 5.74) is 8.64. The van der Waals surface area contributed by atoms with Gasteiger partial charge in [0.25, 0.3) is 5.91 Å². The highest BCUT2D eigenvalue weighted by atomic mass is 19.3. The number of aromatic nitrogens is 1. The summed E-state index contributed by atoms with van der Waals surface area (Å²) in [6.45, 7) is 6.60. The van der Waals surface area contributed by atoms with Crippen molar-refractivity contribution >= 4 is 35.1 Å². The summed E-state index contributed by atoms with van der Waals surface area (Å²) >= 11 is 0. The summed E-state index contributed by atoms with van der Waals surface area (Å²) < 4.78 is 30.4. The molecule has 10 heteroatoms. The van der Waals surface area contributed by atoms with Gasteiger partial charge in [0, 0.05) is 61.4 Å². The minimum atomic E-state index is -3.83. The van der Waals surface area contributed by atoms with Gasteiger partial charge < -0.3 is 21.3 Å². The third kappa shape index (κ3) is 5.85. The lowest BCUT2D eigenvalue weighted by molar-refractivity contribution is -0.140. The van der Waals surface area contributed by atoms with Crippen LogP contribution in [0, 0.1) is 0 Å². The average molecular weight is 511 g/mol. The maximum atomic E-state index is 15.2. The normalized spacial score (nSPS) is 15.0. The second-order valence-electron chi connectivity index (χ2n) is 9.30. The van der Waals surface area contributed by atoms with Crippen LogP contribution in [0.2, 0.25) is 0 Å². The average Bonchev–Trinajstić information content (AvgIpc) is 3.05. The topological polar surface area (TPSA) is 113 Å². The number of pyridine rings is 1. The minimum Gasteiger partial charge on any atom is -0.387 e. The smallest absolute Gasteiger partial charge is 0.350 e. The maximum Gasteiger partial charge on any atom is 0.350 e. The summed E-state index contributed by atoms with van der Waals surface area (Å²) in [6.07, 6.45) is 5.54. The lowest BCUT2D eigenvalue weighted by Gasteiger charge is -2.22. The summed E-state index contributed by atoms with van der Waals surface area (Å²) in [6, 6.07) is 5.43. The van der Waals surface area contributed by atoms with E-state index in [1.807, 2.05) is 13.8 Å². The first-order chi connectivity index (χ1) is 17.7. The Morgan fingerprint density at radius 3 is 2.68 bits per heavy atom. The maximum absolute atomic E-state index is 15.2. The van der Waals surface area contributed by atoms with Gasteiger partial charge >= 0.3 is 5.92 Å². The Bertz CT molecular complexity index is 1250. The molecule has 37 heavy (non-hydrogen) atoms. The Kier molecular flexibility index (Phi) is 7.97. The van der Waals surface area contributed by atoms with Gasteiger partial charge in [0.1, 0.15) is 5.84 Å². The molecule has 2 amide bonds. The Morgan fingerprint density at radius 2 is 1.95 bits per heavy atom. The van der Waals surface area contributed by atoms with E-state index >= 15 is 8.78 Å². The van der Waals surface area contributed by atoms with E-state index in [0.29, 0.717) is 30.8 Å². The van der Waals surface area contributed by atoms with Crippen LogP contribution in [-0.4, -0.2) is 47.2 Å². The van der Waals surface area contributed by atoms with Crippen molar-refractivity contribution in [3.8, 4) is 0 Å². The molecular weight excluding hydrogens is 478 g/mol. The number of halogens is 2. The highest BCUT2D eigenvalue weighted by molar-refractivity contribution is 6.05. The van der Waals surface area contributed by atoms with E-state index < -0.39 is 17.4 Å². The van der Waals surface area contributed by atoms with Gasteiger partial charge in [0.15, 0.2) is 0 Å². The number of hydrogen-bond donors (Lipinski definition) is 3. The molecule has 0 atom stereocenters. The molecule has 0 fully saturated rings. The van der Waals surface area contributed by atoms with Gasteiger partial charge in [0.2, 0.25) is 5.91 Å². The molecule has 1 aromatic carbocycles. The third-order valence-corrected chi connectivity index (χ3v) is 6.36. The molecule has 0 saturated heterocycles. The van der Waals surface area contributed by atoms with Gasteiger partial charge in [0.05, 0.1) is 17.6 Å². The van der Waals surface area contributed by atoms with Crippen LogP contribution >= 0.6 is 0 Å². The molecule has 196 valence electrons. The molecule has 4 N–H and O–H groups in total. The van der Waals surface area contributed by atoms with Crippen LogP contribution in [0.5, 0.6) is 0 Å². The SMILES string of the molecule is CCCN(CCC)C(=O)C1=Cc2ccc(C(F)(F)C(=O)Nc3cnc4c(c3)CNCC4)cc2N=C(N)C1. The lowest BCUT2D eigenvalue weighted by atomic mass is 10.0. The number of benzene rings is 1. The Balaban J connectivity index is 1.58. The van der Waals surface area contributed by atoms with Crippen molar-refractivity contribution in [2.24, 2.45) is 10.7 Å². The second-order valence-corrected chi connectivity index (χ2v) is 9.30. The number of nitrogens with two attached hydrogens (primary N) is 1. The molecule has 1 aromatic heterocycles. The zero-order chi connectivity index (χ0) is 26.6. The molecule has 0 aliphatic carbocycles. The summed E-state index contributed by atoms with van der Waals surface area (Å²) in [5, 5.41) is 5.48. The molecule has 2 aliphatic rings. The molecule has 0 radical (unpaired) electrons. The fourth-order valence-electron chi connectivity index (χ4n) is 4.54. The van der Waals surface area contributed by atoms with Crippen LogP contribution in [0.25, 0.3) is 6.08 Å². The van der Waals surface area contributed by atoms with Gasteiger partial charge in [-0.1, -0.05) is 26.0 Å². The van der Waals surface area contributed by atoms with Gasteiger partial charge in [-0.3, -0.25) is 14.6 Å². The number of amidine groups is 1. The number of nitrogens with zero attached hydrogens (tertiary/aromatic N) is 3. The van der Waals surface area contributed by atoms with Gasteiger partial charge in [-0.25, -0.2) is 4.99 Å². The predicted octanol–water partition coefficient (Wildman–Crippen LogP) is 3.88. The van der Waals surface area contributed by atoms with Crippen molar-refractivity contribution in [1.29, 1.82) is 0 Å². The second kappa shape index (κ2) is 11.2.